The van der Waals surface area contributed by atoms with Crippen molar-refractivity contribution in [1.82, 2.24) is 10.2 Å². The molecule has 3 rings (SSSR count). The first-order chi connectivity index (χ1) is 9.92. The number of imide groups is 2. The van der Waals surface area contributed by atoms with Crippen molar-refractivity contribution in [2.45, 2.75) is 37.6 Å². The summed E-state index contributed by atoms with van der Waals surface area (Å²) < 4.78 is 13.0. The number of hydrogen-bond donors (Lipinski definition) is 1. The van der Waals surface area contributed by atoms with Gasteiger partial charge in [0.15, 0.2) is 0 Å². The molecule has 0 aromatic heterocycles. The number of amides is 4. The number of nitrogens with one attached hydrogen (secondary N) is 1. The SMILES string of the molecule is CC1(N2C(=O)NC(=O)C(c3ccc(F)cc3)C2=O)CCC1. The van der Waals surface area contributed by atoms with E-state index in [-0.39, 0.29) is 0 Å². The highest BCUT2D eigenvalue weighted by Gasteiger charge is 2.51. The Hall–Kier alpha value is -2.24. The zero-order chi connectivity index (χ0) is 15.2. The highest BCUT2D eigenvalue weighted by molar-refractivity contribution is 6.19. The van der Waals surface area contributed by atoms with Crippen LogP contribution in [0, 0.1) is 5.82 Å². The third-order valence-electron chi connectivity index (χ3n) is 4.34. The molecule has 21 heavy (non-hydrogen) atoms. The van der Waals surface area contributed by atoms with E-state index in [1.165, 1.54) is 24.3 Å². The van der Waals surface area contributed by atoms with Gasteiger partial charge >= 0.3 is 6.03 Å². The molecule has 2 aliphatic rings. The Morgan fingerprint density at radius 2 is 1.81 bits per heavy atom. The van der Waals surface area contributed by atoms with E-state index in [9.17, 15) is 18.8 Å². The fourth-order valence-corrected chi connectivity index (χ4v) is 2.95. The van der Waals surface area contributed by atoms with E-state index in [4.69, 9.17) is 0 Å². The fraction of sp³-hybridized carbons (Fsp3) is 0.400. The lowest BCUT2D eigenvalue weighted by Crippen LogP contribution is -2.66. The second-order valence-corrected chi connectivity index (χ2v) is 5.80. The molecule has 1 atom stereocenters. The van der Waals surface area contributed by atoms with E-state index in [1.54, 1.807) is 0 Å². The monoisotopic (exact) mass is 290 g/mol. The lowest BCUT2D eigenvalue weighted by Gasteiger charge is -2.48. The Bertz CT molecular complexity index is 622. The van der Waals surface area contributed by atoms with E-state index in [0.29, 0.717) is 5.56 Å². The van der Waals surface area contributed by atoms with Gasteiger partial charge in [-0.3, -0.25) is 19.8 Å². The van der Waals surface area contributed by atoms with Crippen molar-refractivity contribution < 1.29 is 18.8 Å². The lowest BCUT2D eigenvalue weighted by molar-refractivity contribution is -0.144. The molecule has 5 nitrogen and oxygen atoms in total. The lowest BCUT2D eigenvalue weighted by atomic mass is 9.76. The van der Waals surface area contributed by atoms with Crippen molar-refractivity contribution in [3.05, 3.63) is 35.6 Å². The van der Waals surface area contributed by atoms with Crippen LogP contribution in [0.15, 0.2) is 24.3 Å². The average molecular weight is 290 g/mol. The molecule has 2 fully saturated rings. The van der Waals surface area contributed by atoms with Gasteiger partial charge in [0.1, 0.15) is 11.7 Å². The Morgan fingerprint density at radius 3 is 2.33 bits per heavy atom. The summed E-state index contributed by atoms with van der Waals surface area (Å²) in [5, 5.41) is 2.23. The van der Waals surface area contributed by atoms with Gasteiger partial charge in [0, 0.05) is 5.54 Å². The highest BCUT2D eigenvalue weighted by Crippen LogP contribution is 2.40. The molecule has 1 aliphatic carbocycles. The molecule has 6 heteroatoms. The van der Waals surface area contributed by atoms with Gasteiger partial charge in [-0.05, 0) is 43.9 Å². The number of barbiturate groups is 1. The van der Waals surface area contributed by atoms with Crippen molar-refractivity contribution >= 4 is 17.8 Å². The average Bonchev–Trinajstić information content (AvgIpc) is 2.38. The standard InChI is InChI=1S/C15H15FN2O3/c1-15(7-2-8-15)18-13(20)11(12(19)17-14(18)21)9-3-5-10(16)6-4-9/h3-6,11H,2,7-8H2,1H3,(H,17,19,21). The molecule has 1 aromatic rings. The van der Waals surface area contributed by atoms with Crippen molar-refractivity contribution in [1.29, 1.82) is 0 Å². The van der Waals surface area contributed by atoms with E-state index in [1.807, 2.05) is 6.92 Å². The van der Waals surface area contributed by atoms with Crippen LogP contribution in [-0.4, -0.2) is 28.3 Å². The Morgan fingerprint density at radius 1 is 1.19 bits per heavy atom. The molecular weight excluding hydrogens is 275 g/mol. The molecule has 1 saturated carbocycles. The van der Waals surface area contributed by atoms with Crippen LogP contribution >= 0.6 is 0 Å². The van der Waals surface area contributed by atoms with Crippen molar-refractivity contribution in [2.24, 2.45) is 0 Å². The van der Waals surface area contributed by atoms with E-state index in [2.05, 4.69) is 5.32 Å². The van der Waals surface area contributed by atoms with E-state index >= 15 is 0 Å². The number of halogens is 1. The van der Waals surface area contributed by atoms with Crippen LogP contribution in [0.3, 0.4) is 0 Å². The van der Waals surface area contributed by atoms with Crippen LogP contribution in [0.25, 0.3) is 0 Å². The summed E-state index contributed by atoms with van der Waals surface area (Å²) in [7, 11) is 0. The number of rotatable bonds is 2. The van der Waals surface area contributed by atoms with Crippen LogP contribution in [0.2, 0.25) is 0 Å². The first-order valence-corrected chi connectivity index (χ1v) is 6.87. The second-order valence-electron chi connectivity index (χ2n) is 5.80. The predicted octanol–water partition coefficient (Wildman–Crippen LogP) is 1.93. The van der Waals surface area contributed by atoms with Crippen LogP contribution in [0.1, 0.15) is 37.7 Å². The topological polar surface area (TPSA) is 66.5 Å². The maximum Gasteiger partial charge on any atom is 0.331 e. The predicted molar refractivity (Wildman–Crippen MR) is 71.8 cm³/mol. The molecule has 0 spiro atoms. The van der Waals surface area contributed by atoms with Gasteiger partial charge in [0.05, 0.1) is 0 Å². The Kier molecular flexibility index (Phi) is 3.04. The number of benzene rings is 1. The second kappa shape index (κ2) is 4.65. The number of nitrogens with zero attached hydrogens (tertiary/aromatic N) is 1. The van der Waals surface area contributed by atoms with Crippen LogP contribution in [0.5, 0.6) is 0 Å². The van der Waals surface area contributed by atoms with E-state index < -0.39 is 35.1 Å². The van der Waals surface area contributed by atoms with Gasteiger partial charge in [-0.25, -0.2) is 9.18 Å². The van der Waals surface area contributed by atoms with Crippen LogP contribution < -0.4 is 5.32 Å². The first-order valence-electron chi connectivity index (χ1n) is 6.87. The molecule has 110 valence electrons. The number of urea groups is 1. The number of carbonyl (C=O) groups is 3. The summed E-state index contributed by atoms with van der Waals surface area (Å²) in [6.07, 6.45) is 2.41. The normalized spacial score (nSPS) is 24.6. The van der Waals surface area contributed by atoms with Crippen LogP contribution in [0.4, 0.5) is 9.18 Å². The van der Waals surface area contributed by atoms with Gasteiger partial charge in [-0.2, -0.15) is 0 Å². The molecule has 1 aromatic carbocycles. The Labute approximate surface area is 121 Å². The molecule has 0 bridgehead atoms. The molecular formula is C15H15FN2O3. The minimum absolute atomic E-state index is 0.388. The van der Waals surface area contributed by atoms with Gasteiger partial charge in [-0.1, -0.05) is 12.1 Å². The smallest absolute Gasteiger partial charge is 0.277 e. The minimum atomic E-state index is -1.10. The zero-order valence-corrected chi connectivity index (χ0v) is 11.6. The summed E-state index contributed by atoms with van der Waals surface area (Å²) in [5.41, 5.74) is -0.139. The summed E-state index contributed by atoms with van der Waals surface area (Å²) >= 11 is 0. The van der Waals surface area contributed by atoms with Crippen molar-refractivity contribution in [3.8, 4) is 0 Å². The molecule has 0 radical (unpaired) electrons. The zero-order valence-electron chi connectivity index (χ0n) is 11.6. The van der Waals surface area contributed by atoms with Crippen LogP contribution in [-0.2, 0) is 9.59 Å². The minimum Gasteiger partial charge on any atom is -0.277 e. The van der Waals surface area contributed by atoms with Crippen molar-refractivity contribution in [2.75, 3.05) is 0 Å². The molecule has 1 unspecified atom stereocenters. The first kappa shape index (κ1) is 13.7. The fourth-order valence-electron chi connectivity index (χ4n) is 2.95. The molecule has 1 saturated heterocycles. The van der Waals surface area contributed by atoms with Gasteiger partial charge in [-0.15, -0.1) is 0 Å². The molecule has 1 N–H and O–H groups in total. The molecule has 1 aliphatic heterocycles. The third-order valence-corrected chi connectivity index (χ3v) is 4.34. The number of hydrogen-bond acceptors (Lipinski definition) is 3. The van der Waals surface area contributed by atoms with Gasteiger partial charge in [0.2, 0.25) is 11.8 Å². The summed E-state index contributed by atoms with van der Waals surface area (Å²) in [5.74, 6) is -2.73. The van der Waals surface area contributed by atoms with Gasteiger partial charge < -0.3 is 0 Å². The highest BCUT2D eigenvalue weighted by atomic mass is 19.1. The summed E-state index contributed by atoms with van der Waals surface area (Å²) in [4.78, 5) is 37.8. The quantitative estimate of drug-likeness (QED) is 0.846. The largest absolute Gasteiger partial charge is 0.331 e. The summed E-state index contributed by atoms with van der Waals surface area (Å²) in [6.45, 7) is 1.84. The maximum absolute atomic E-state index is 13.0. The third kappa shape index (κ3) is 2.11. The number of carbonyl (C=O) groups excluding carboxylic acids is 3. The molecule has 1 heterocycles. The Balaban J connectivity index is 1.96. The van der Waals surface area contributed by atoms with Gasteiger partial charge in [0.25, 0.3) is 0 Å². The van der Waals surface area contributed by atoms with Crippen molar-refractivity contribution in [3.63, 3.8) is 0 Å². The maximum atomic E-state index is 13.0. The molecule has 4 amide bonds. The summed E-state index contributed by atoms with van der Waals surface area (Å²) in [6, 6.07) is 4.53. The van der Waals surface area contributed by atoms with E-state index in [0.717, 1.165) is 24.2 Å².